The number of anilines is 2. The third-order valence-electron chi connectivity index (χ3n) is 4.52. The Kier molecular flexibility index (Phi) is 6.66. The van der Waals surface area contributed by atoms with E-state index in [0.717, 1.165) is 5.69 Å². The molecule has 7 nitrogen and oxygen atoms in total. The van der Waals surface area contributed by atoms with Crippen LogP contribution in [0.3, 0.4) is 0 Å². The van der Waals surface area contributed by atoms with Gasteiger partial charge in [-0.05, 0) is 48.0 Å². The van der Waals surface area contributed by atoms with Crippen molar-refractivity contribution in [1.82, 2.24) is 10.9 Å². The minimum absolute atomic E-state index is 0.0273. The molecule has 2 aromatic carbocycles. The van der Waals surface area contributed by atoms with Gasteiger partial charge in [0.25, 0.3) is 5.91 Å². The highest BCUT2D eigenvalue weighted by molar-refractivity contribution is 7.80. The molecule has 1 aliphatic heterocycles. The van der Waals surface area contributed by atoms with Crippen LogP contribution in [0.4, 0.5) is 11.4 Å². The summed E-state index contributed by atoms with van der Waals surface area (Å²) in [5, 5.41) is 3.29. The van der Waals surface area contributed by atoms with Crippen LogP contribution in [0, 0.1) is 0 Å². The number of amides is 2. The average molecular weight is 413 g/mol. The van der Waals surface area contributed by atoms with Gasteiger partial charge in [-0.3, -0.25) is 20.4 Å². The lowest BCUT2D eigenvalue weighted by molar-refractivity contribution is -0.122. The molecule has 0 bridgehead atoms. The minimum atomic E-state index is -0.277. The Bertz CT molecular complexity index is 899. The lowest BCUT2D eigenvalue weighted by atomic mass is 10.0. The summed E-state index contributed by atoms with van der Waals surface area (Å²) >= 11 is 5.20. The largest absolute Gasteiger partial charge is 0.482 e. The Morgan fingerprint density at radius 3 is 2.59 bits per heavy atom. The van der Waals surface area contributed by atoms with Gasteiger partial charge in [-0.2, -0.15) is 0 Å². The van der Waals surface area contributed by atoms with Crippen LogP contribution >= 0.6 is 12.2 Å². The van der Waals surface area contributed by atoms with Gasteiger partial charge >= 0.3 is 0 Å². The van der Waals surface area contributed by atoms with Crippen molar-refractivity contribution < 1.29 is 14.3 Å². The summed E-state index contributed by atoms with van der Waals surface area (Å²) in [4.78, 5) is 25.8. The van der Waals surface area contributed by atoms with Crippen LogP contribution in [-0.2, 0) is 9.59 Å². The number of carbonyl (C=O) groups excluding carboxylic acids is 2. The summed E-state index contributed by atoms with van der Waals surface area (Å²) in [5.41, 5.74) is 7.97. The fourth-order valence-corrected chi connectivity index (χ4v) is 3.08. The number of ether oxygens (including phenoxy) is 1. The number of hydrazine groups is 1. The number of fused-ring (bicyclic) bond motifs is 1. The molecule has 2 amide bonds. The summed E-state index contributed by atoms with van der Waals surface area (Å²) in [6.45, 7) is 4.49. The van der Waals surface area contributed by atoms with E-state index in [9.17, 15) is 9.59 Å². The van der Waals surface area contributed by atoms with Gasteiger partial charge in [-0.25, -0.2) is 0 Å². The van der Waals surface area contributed by atoms with E-state index in [4.69, 9.17) is 17.0 Å². The van der Waals surface area contributed by atoms with Gasteiger partial charge in [-0.1, -0.05) is 38.1 Å². The molecule has 3 N–H and O–H groups in total. The second-order valence-corrected chi connectivity index (χ2v) is 7.36. The molecule has 0 aromatic heterocycles. The van der Waals surface area contributed by atoms with E-state index in [2.05, 4.69) is 30.0 Å². The van der Waals surface area contributed by atoms with Crippen LogP contribution in [-0.4, -0.2) is 30.1 Å². The van der Waals surface area contributed by atoms with E-state index < -0.39 is 0 Å². The molecule has 8 heteroatoms. The molecule has 0 fully saturated rings. The van der Waals surface area contributed by atoms with E-state index in [-0.39, 0.29) is 36.5 Å². The predicted molar refractivity (Wildman–Crippen MR) is 117 cm³/mol. The molecule has 1 aliphatic rings. The fraction of sp³-hybridized carbons (Fsp3) is 0.286. The second kappa shape index (κ2) is 9.38. The third-order valence-corrected chi connectivity index (χ3v) is 4.73. The normalized spacial score (nSPS) is 12.8. The lowest BCUT2D eigenvalue weighted by Gasteiger charge is -2.29. The maximum atomic E-state index is 12.2. The van der Waals surface area contributed by atoms with Crippen molar-refractivity contribution in [1.29, 1.82) is 0 Å². The highest BCUT2D eigenvalue weighted by atomic mass is 32.1. The first-order chi connectivity index (χ1) is 13.9. The number of thiocarbonyl (C=S) groups is 1. The van der Waals surface area contributed by atoms with Crippen LogP contribution in [0.1, 0.15) is 31.7 Å². The van der Waals surface area contributed by atoms with Crippen molar-refractivity contribution in [2.24, 2.45) is 0 Å². The molecule has 0 radical (unpaired) electrons. The molecular formula is C21H24N4O3S. The molecule has 3 rings (SSSR count). The first-order valence-corrected chi connectivity index (χ1v) is 9.83. The average Bonchev–Trinajstić information content (AvgIpc) is 2.72. The molecule has 0 saturated heterocycles. The predicted octanol–water partition coefficient (Wildman–Crippen LogP) is 2.94. The summed E-state index contributed by atoms with van der Waals surface area (Å²) in [7, 11) is 0. The maximum absolute atomic E-state index is 12.2. The highest BCUT2D eigenvalue weighted by Crippen LogP contribution is 2.31. The lowest BCUT2D eigenvalue weighted by Crippen LogP contribution is -2.46. The Morgan fingerprint density at radius 2 is 1.86 bits per heavy atom. The van der Waals surface area contributed by atoms with Crippen molar-refractivity contribution in [3.8, 4) is 5.75 Å². The fourth-order valence-electron chi connectivity index (χ4n) is 2.92. The van der Waals surface area contributed by atoms with Crippen LogP contribution in [0.15, 0.2) is 48.5 Å². The topological polar surface area (TPSA) is 82.7 Å². The van der Waals surface area contributed by atoms with Crippen molar-refractivity contribution >= 4 is 40.5 Å². The number of nitrogens with one attached hydrogen (secondary N) is 3. The number of carbonyl (C=O) groups is 2. The highest BCUT2D eigenvalue weighted by Gasteiger charge is 2.25. The first-order valence-electron chi connectivity index (χ1n) is 9.42. The quantitative estimate of drug-likeness (QED) is 0.517. The molecule has 0 spiro atoms. The zero-order valence-corrected chi connectivity index (χ0v) is 17.2. The van der Waals surface area contributed by atoms with Crippen LogP contribution in [0.5, 0.6) is 5.75 Å². The SMILES string of the molecule is CC(C)c1ccc(NC(=S)NNC(=O)CCN2C(=O)COc3ccccc32)cc1. The van der Waals surface area contributed by atoms with Gasteiger partial charge in [-0.15, -0.1) is 0 Å². The van der Waals surface area contributed by atoms with Crippen LogP contribution in [0.2, 0.25) is 0 Å². The summed E-state index contributed by atoms with van der Waals surface area (Å²) in [5.74, 6) is 0.644. The van der Waals surface area contributed by atoms with Gasteiger partial charge in [0.05, 0.1) is 5.69 Å². The van der Waals surface area contributed by atoms with Gasteiger partial charge in [0.2, 0.25) is 5.91 Å². The third kappa shape index (κ3) is 5.45. The molecule has 2 aromatic rings. The molecule has 1 heterocycles. The summed E-state index contributed by atoms with van der Waals surface area (Å²) in [6.07, 6.45) is 0.124. The number of para-hydroxylation sites is 2. The van der Waals surface area contributed by atoms with Gasteiger partial charge in [0.15, 0.2) is 11.7 Å². The zero-order valence-electron chi connectivity index (χ0n) is 16.4. The van der Waals surface area contributed by atoms with Crippen molar-refractivity contribution in [3.63, 3.8) is 0 Å². The van der Waals surface area contributed by atoms with E-state index in [1.807, 2.05) is 36.4 Å². The van der Waals surface area contributed by atoms with Crippen LogP contribution < -0.4 is 25.8 Å². The Balaban J connectivity index is 1.45. The monoisotopic (exact) mass is 412 g/mol. The number of benzene rings is 2. The van der Waals surface area contributed by atoms with E-state index >= 15 is 0 Å². The molecule has 0 unspecified atom stereocenters. The molecule has 0 atom stereocenters. The molecular weight excluding hydrogens is 388 g/mol. The smallest absolute Gasteiger partial charge is 0.265 e. The molecule has 29 heavy (non-hydrogen) atoms. The maximum Gasteiger partial charge on any atom is 0.265 e. The van der Waals surface area contributed by atoms with Gasteiger partial charge in [0.1, 0.15) is 5.75 Å². The standard InChI is InChI=1S/C21H24N4O3S/c1-14(2)15-7-9-16(10-8-15)22-21(29)24-23-19(26)11-12-25-17-5-3-4-6-18(17)28-13-20(25)27/h3-10,14H,11-13H2,1-2H3,(H,23,26)(H2,22,24,29). The Labute approximate surface area is 175 Å². The van der Waals surface area contributed by atoms with E-state index in [1.54, 1.807) is 17.0 Å². The number of rotatable bonds is 5. The first kappa shape index (κ1) is 20.6. The van der Waals surface area contributed by atoms with Gasteiger partial charge < -0.3 is 15.0 Å². The van der Waals surface area contributed by atoms with Crippen molar-refractivity contribution in [2.75, 3.05) is 23.4 Å². The molecule has 152 valence electrons. The minimum Gasteiger partial charge on any atom is -0.482 e. The Morgan fingerprint density at radius 1 is 1.14 bits per heavy atom. The Hall–Kier alpha value is -3.13. The summed E-state index contributed by atoms with van der Waals surface area (Å²) < 4.78 is 5.40. The zero-order chi connectivity index (χ0) is 20.8. The number of nitrogens with zero attached hydrogens (tertiary/aromatic N) is 1. The van der Waals surface area contributed by atoms with E-state index in [1.165, 1.54) is 5.56 Å². The van der Waals surface area contributed by atoms with E-state index in [0.29, 0.717) is 17.4 Å². The van der Waals surface area contributed by atoms with Gasteiger partial charge in [0, 0.05) is 18.7 Å². The van der Waals surface area contributed by atoms with Crippen molar-refractivity contribution in [2.45, 2.75) is 26.2 Å². The van der Waals surface area contributed by atoms with Crippen LogP contribution in [0.25, 0.3) is 0 Å². The number of hydrogen-bond donors (Lipinski definition) is 3. The number of hydrogen-bond acceptors (Lipinski definition) is 4. The van der Waals surface area contributed by atoms with Crippen molar-refractivity contribution in [3.05, 3.63) is 54.1 Å². The molecule has 0 aliphatic carbocycles. The summed E-state index contributed by atoms with van der Waals surface area (Å²) in [6, 6.07) is 15.2. The second-order valence-electron chi connectivity index (χ2n) is 6.96. The molecule has 0 saturated carbocycles.